The molecule has 126 valence electrons. The molecule has 3 heteroatoms. The molecule has 0 aliphatic heterocycles. The van der Waals surface area contributed by atoms with E-state index in [0.29, 0.717) is 19.1 Å². The smallest absolute Gasteiger partial charge is 0.0707 e. The lowest BCUT2D eigenvalue weighted by molar-refractivity contribution is -0.115. The normalized spacial score (nSPS) is 26.4. The Kier molecular flexibility index (Phi) is 9.54. The van der Waals surface area contributed by atoms with Gasteiger partial charge in [0.05, 0.1) is 18.8 Å². The Hall–Kier alpha value is -0.120. The standard InChI is InChI=1S/C18H36O3/c1-5-10-19-13-14-20-11-7-12-21-18(16(2)3)9-6-8-17(4)15-18/h16-17H,5-15H2,1-4H3. The van der Waals surface area contributed by atoms with Gasteiger partial charge in [-0.25, -0.2) is 0 Å². The molecular formula is C18H36O3. The van der Waals surface area contributed by atoms with Crippen LogP contribution < -0.4 is 0 Å². The van der Waals surface area contributed by atoms with E-state index in [9.17, 15) is 0 Å². The molecule has 21 heavy (non-hydrogen) atoms. The summed E-state index contributed by atoms with van der Waals surface area (Å²) in [4.78, 5) is 0. The third-order valence-electron chi connectivity index (χ3n) is 4.59. The largest absolute Gasteiger partial charge is 0.379 e. The Labute approximate surface area is 131 Å². The highest BCUT2D eigenvalue weighted by molar-refractivity contribution is 4.89. The summed E-state index contributed by atoms with van der Waals surface area (Å²) in [6, 6.07) is 0. The SMILES string of the molecule is CCCOCCOCCCOC1(C(C)C)CCCC(C)C1. The van der Waals surface area contributed by atoms with Crippen LogP contribution in [0.3, 0.4) is 0 Å². The van der Waals surface area contributed by atoms with Crippen molar-refractivity contribution in [1.29, 1.82) is 0 Å². The minimum atomic E-state index is 0.113. The van der Waals surface area contributed by atoms with Crippen molar-refractivity contribution in [1.82, 2.24) is 0 Å². The van der Waals surface area contributed by atoms with Crippen molar-refractivity contribution in [3.05, 3.63) is 0 Å². The van der Waals surface area contributed by atoms with Crippen molar-refractivity contribution in [3.8, 4) is 0 Å². The van der Waals surface area contributed by atoms with Gasteiger partial charge in [-0.1, -0.05) is 40.5 Å². The number of ether oxygens (including phenoxy) is 3. The van der Waals surface area contributed by atoms with E-state index in [-0.39, 0.29) is 5.60 Å². The van der Waals surface area contributed by atoms with Gasteiger partial charge < -0.3 is 14.2 Å². The summed E-state index contributed by atoms with van der Waals surface area (Å²) in [7, 11) is 0. The molecule has 1 saturated carbocycles. The van der Waals surface area contributed by atoms with E-state index in [4.69, 9.17) is 14.2 Å². The van der Waals surface area contributed by atoms with Gasteiger partial charge in [0.25, 0.3) is 0 Å². The Balaban J connectivity index is 2.11. The zero-order chi connectivity index (χ0) is 15.6. The molecule has 0 radical (unpaired) electrons. The quantitative estimate of drug-likeness (QED) is 0.528. The molecule has 2 unspecified atom stereocenters. The molecule has 0 aromatic heterocycles. The van der Waals surface area contributed by atoms with Gasteiger partial charge in [-0.05, 0) is 37.5 Å². The summed E-state index contributed by atoms with van der Waals surface area (Å²) in [5.74, 6) is 1.40. The zero-order valence-corrected chi connectivity index (χ0v) is 14.7. The molecule has 1 aliphatic rings. The molecule has 0 spiro atoms. The van der Waals surface area contributed by atoms with Crippen LogP contribution in [0.1, 0.15) is 66.2 Å². The minimum Gasteiger partial charge on any atom is -0.379 e. The van der Waals surface area contributed by atoms with Crippen molar-refractivity contribution in [2.75, 3.05) is 33.0 Å². The lowest BCUT2D eigenvalue weighted by Crippen LogP contribution is -2.43. The number of hydrogen-bond donors (Lipinski definition) is 0. The van der Waals surface area contributed by atoms with Gasteiger partial charge in [0.2, 0.25) is 0 Å². The Bertz CT molecular complexity index is 255. The fourth-order valence-electron chi connectivity index (χ4n) is 3.27. The van der Waals surface area contributed by atoms with Gasteiger partial charge in [-0.3, -0.25) is 0 Å². The van der Waals surface area contributed by atoms with Crippen molar-refractivity contribution in [3.63, 3.8) is 0 Å². The maximum atomic E-state index is 6.34. The molecule has 1 aliphatic carbocycles. The molecule has 0 N–H and O–H groups in total. The van der Waals surface area contributed by atoms with Crippen LogP contribution in [0.2, 0.25) is 0 Å². The van der Waals surface area contributed by atoms with E-state index >= 15 is 0 Å². The molecule has 0 aromatic rings. The molecule has 0 aromatic carbocycles. The van der Waals surface area contributed by atoms with E-state index < -0.39 is 0 Å². The van der Waals surface area contributed by atoms with Gasteiger partial charge in [0.1, 0.15) is 0 Å². The first-order valence-corrected chi connectivity index (χ1v) is 8.90. The lowest BCUT2D eigenvalue weighted by atomic mass is 9.73. The summed E-state index contributed by atoms with van der Waals surface area (Å²) in [5.41, 5.74) is 0.113. The summed E-state index contributed by atoms with van der Waals surface area (Å²) in [6.45, 7) is 12.9. The fourth-order valence-corrected chi connectivity index (χ4v) is 3.27. The first-order chi connectivity index (χ1) is 10.1. The second-order valence-corrected chi connectivity index (χ2v) is 6.85. The molecule has 1 fully saturated rings. The average molecular weight is 300 g/mol. The van der Waals surface area contributed by atoms with Crippen LogP contribution in [0.4, 0.5) is 0 Å². The molecule has 2 atom stereocenters. The fraction of sp³-hybridized carbons (Fsp3) is 1.00. The van der Waals surface area contributed by atoms with Crippen LogP contribution in [0.5, 0.6) is 0 Å². The van der Waals surface area contributed by atoms with Gasteiger partial charge in [-0.2, -0.15) is 0 Å². The molecule has 0 amide bonds. The number of rotatable bonds is 11. The lowest BCUT2D eigenvalue weighted by Gasteiger charge is -2.43. The van der Waals surface area contributed by atoms with Crippen molar-refractivity contribution in [2.24, 2.45) is 11.8 Å². The zero-order valence-electron chi connectivity index (χ0n) is 14.7. The van der Waals surface area contributed by atoms with Crippen molar-refractivity contribution in [2.45, 2.75) is 71.8 Å². The highest BCUT2D eigenvalue weighted by Crippen LogP contribution is 2.40. The average Bonchev–Trinajstić information content (AvgIpc) is 2.45. The van der Waals surface area contributed by atoms with Crippen LogP contribution in [-0.2, 0) is 14.2 Å². The van der Waals surface area contributed by atoms with E-state index in [1.54, 1.807) is 0 Å². The Morgan fingerprint density at radius 1 is 1.05 bits per heavy atom. The van der Waals surface area contributed by atoms with E-state index in [2.05, 4.69) is 27.7 Å². The van der Waals surface area contributed by atoms with Crippen molar-refractivity contribution >= 4 is 0 Å². The van der Waals surface area contributed by atoms with Crippen LogP contribution in [0.25, 0.3) is 0 Å². The Morgan fingerprint density at radius 3 is 2.38 bits per heavy atom. The van der Waals surface area contributed by atoms with Crippen LogP contribution >= 0.6 is 0 Å². The predicted molar refractivity (Wildman–Crippen MR) is 87.7 cm³/mol. The number of hydrogen-bond acceptors (Lipinski definition) is 3. The summed E-state index contributed by atoms with van der Waals surface area (Å²) in [5, 5.41) is 0. The Morgan fingerprint density at radius 2 is 1.76 bits per heavy atom. The monoisotopic (exact) mass is 300 g/mol. The molecule has 3 nitrogen and oxygen atoms in total. The van der Waals surface area contributed by atoms with Gasteiger partial charge in [-0.15, -0.1) is 0 Å². The van der Waals surface area contributed by atoms with Gasteiger partial charge >= 0.3 is 0 Å². The van der Waals surface area contributed by atoms with Crippen LogP contribution in [0.15, 0.2) is 0 Å². The summed E-state index contributed by atoms with van der Waals surface area (Å²) < 4.78 is 17.3. The molecule has 0 bridgehead atoms. The predicted octanol–water partition coefficient (Wildman–Crippen LogP) is 4.44. The second-order valence-electron chi connectivity index (χ2n) is 6.85. The third-order valence-corrected chi connectivity index (χ3v) is 4.59. The van der Waals surface area contributed by atoms with E-state index in [1.165, 1.54) is 25.7 Å². The third kappa shape index (κ3) is 7.12. The van der Waals surface area contributed by atoms with Crippen molar-refractivity contribution < 1.29 is 14.2 Å². The van der Waals surface area contributed by atoms with E-state index in [0.717, 1.165) is 38.6 Å². The van der Waals surface area contributed by atoms with E-state index in [1.807, 2.05) is 0 Å². The molecule has 0 heterocycles. The topological polar surface area (TPSA) is 27.7 Å². The van der Waals surface area contributed by atoms with Gasteiger partial charge in [0, 0.05) is 19.8 Å². The highest BCUT2D eigenvalue weighted by atomic mass is 16.5. The maximum absolute atomic E-state index is 6.34. The molecule has 0 saturated heterocycles. The summed E-state index contributed by atoms with van der Waals surface area (Å²) >= 11 is 0. The second kappa shape index (κ2) is 10.6. The first kappa shape index (κ1) is 18.9. The molecule has 1 rings (SSSR count). The van der Waals surface area contributed by atoms with Gasteiger partial charge in [0.15, 0.2) is 0 Å². The minimum absolute atomic E-state index is 0.113. The maximum Gasteiger partial charge on any atom is 0.0707 e. The van der Waals surface area contributed by atoms with Crippen LogP contribution in [-0.4, -0.2) is 38.6 Å². The van der Waals surface area contributed by atoms with Crippen LogP contribution in [0, 0.1) is 11.8 Å². The molecular weight excluding hydrogens is 264 g/mol. The highest BCUT2D eigenvalue weighted by Gasteiger charge is 2.38. The summed E-state index contributed by atoms with van der Waals surface area (Å²) in [6.07, 6.45) is 7.17. The first-order valence-electron chi connectivity index (χ1n) is 8.90.